The molecule has 1 aliphatic heterocycles. The van der Waals surface area contributed by atoms with Gasteiger partial charge in [0.2, 0.25) is 0 Å². The molecule has 0 radical (unpaired) electrons. The van der Waals surface area contributed by atoms with E-state index >= 15 is 0 Å². The third-order valence-electron chi connectivity index (χ3n) is 4.89. The fourth-order valence-corrected chi connectivity index (χ4v) is 3.53. The number of nitrogens with zero attached hydrogens (tertiary/aromatic N) is 1. The number of methoxy groups -OCH3 is 1. The first kappa shape index (κ1) is 18.7. The van der Waals surface area contributed by atoms with Crippen molar-refractivity contribution in [1.82, 2.24) is 4.90 Å². The number of fused-ring (bicyclic) bond motifs is 2. The molecule has 1 atom stereocenters. The Hall–Kier alpha value is -3.68. The number of para-hydroxylation sites is 1. The van der Waals surface area contributed by atoms with Gasteiger partial charge in [-0.15, -0.1) is 0 Å². The molecule has 29 heavy (non-hydrogen) atoms. The summed E-state index contributed by atoms with van der Waals surface area (Å²) in [5.41, 5.74) is 0.692. The molecule has 4 rings (SSSR count). The van der Waals surface area contributed by atoms with Crippen LogP contribution in [0.15, 0.2) is 57.7 Å². The molecule has 1 unspecified atom stereocenters. The summed E-state index contributed by atoms with van der Waals surface area (Å²) < 4.78 is 23.9. The zero-order chi connectivity index (χ0) is 20.5. The van der Waals surface area contributed by atoms with Crippen molar-refractivity contribution in [2.75, 3.05) is 19.0 Å². The van der Waals surface area contributed by atoms with Crippen LogP contribution >= 0.6 is 0 Å². The van der Waals surface area contributed by atoms with Gasteiger partial charge in [0.1, 0.15) is 23.1 Å². The molecule has 8 heteroatoms. The van der Waals surface area contributed by atoms with Crippen molar-refractivity contribution >= 4 is 28.7 Å². The molecule has 1 aromatic heterocycles. The SMILES string of the molecule is COC(=O)N1CCc2ccc(F)cc2C1C(=O)Nc1cc2ccccc2oc1=O. The number of rotatable bonds is 2. The van der Waals surface area contributed by atoms with E-state index in [1.165, 1.54) is 30.2 Å². The van der Waals surface area contributed by atoms with Gasteiger partial charge in [-0.25, -0.2) is 14.0 Å². The van der Waals surface area contributed by atoms with Crippen molar-refractivity contribution in [3.63, 3.8) is 0 Å². The van der Waals surface area contributed by atoms with Gasteiger partial charge in [0.05, 0.1) is 7.11 Å². The molecule has 0 fully saturated rings. The number of ether oxygens (including phenoxy) is 1. The van der Waals surface area contributed by atoms with Gasteiger partial charge in [0.15, 0.2) is 0 Å². The summed E-state index contributed by atoms with van der Waals surface area (Å²) in [5.74, 6) is -1.19. The number of carbonyl (C=O) groups is 2. The molecule has 0 saturated heterocycles. The highest BCUT2D eigenvalue weighted by Crippen LogP contribution is 2.32. The van der Waals surface area contributed by atoms with E-state index in [2.05, 4.69) is 5.32 Å². The summed E-state index contributed by atoms with van der Waals surface area (Å²) in [5, 5.41) is 3.15. The molecule has 0 bridgehead atoms. The van der Waals surface area contributed by atoms with Crippen LogP contribution in [0.2, 0.25) is 0 Å². The van der Waals surface area contributed by atoms with Gasteiger partial charge in [-0.1, -0.05) is 24.3 Å². The molecule has 1 N–H and O–H groups in total. The number of amides is 2. The molecule has 2 heterocycles. The second-order valence-corrected chi connectivity index (χ2v) is 6.63. The third kappa shape index (κ3) is 3.44. The number of hydrogen-bond donors (Lipinski definition) is 1. The summed E-state index contributed by atoms with van der Waals surface area (Å²) in [4.78, 5) is 38.8. The van der Waals surface area contributed by atoms with Gasteiger partial charge >= 0.3 is 11.7 Å². The highest BCUT2D eigenvalue weighted by atomic mass is 19.1. The van der Waals surface area contributed by atoms with E-state index in [0.29, 0.717) is 23.0 Å². The van der Waals surface area contributed by atoms with Crippen molar-refractivity contribution in [3.8, 4) is 0 Å². The van der Waals surface area contributed by atoms with Crippen molar-refractivity contribution < 1.29 is 23.1 Å². The predicted molar refractivity (Wildman–Crippen MR) is 103 cm³/mol. The van der Waals surface area contributed by atoms with Crippen LogP contribution in [-0.4, -0.2) is 30.6 Å². The Kier molecular flexibility index (Phi) is 4.75. The van der Waals surface area contributed by atoms with E-state index in [0.717, 1.165) is 5.56 Å². The second-order valence-electron chi connectivity index (χ2n) is 6.63. The van der Waals surface area contributed by atoms with Gasteiger partial charge in [0, 0.05) is 11.9 Å². The first-order valence-electron chi connectivity index (χ1n) is 8.94. The fourth-order valence-electron chi connectivity index (χ4n) is 3.53. The molecule has 0 saturated carbocycles. The fraction of sp³-hybridized carbons (Fsp3) is 0.190. The molecular formula is C21H17FN2O5. The lowest BCUT2D eigenvalue weighted by Gasteiger charge is -2.35. The zero-order valence-electron chi connectivity index (χ0n) is 15.5. The van der Waals surface area contributed by atoms with E-state index in [1.807, 2.05) is 0 Å². The number of nitrogens with one attached hydrogen (secondary N) is 1. The highest BCUT2D eigenvalue weighted by Gasteiger charge is 2.37. The van der Waals surface area contributed by atoms with E-state index in [9.17, 15) is 18.8 Å². The van der Waals surface area contributed by atoms with Crippen LogP contribution < -0.4 is 10.9 Å². The Labute approximate surface area is 164 Å². The number of benzene rings is 2. The van der Waals surface area contributed by atoms with Crippen LogP contribution in [0.25, 0.3) is 11.0 Å². The molecule has 3 aromatic rings. The van der Waals surface area contributed by atoms with Crippen LogP contribution in [0.3, 0.4) is 0 Å². The summed E-state index contributed by atoms with van der Waals surface area (Å²) in [7, 11) is 1.20. The minimum atomic E-state index is -1.15. The Morgan fingerprint density at radius 3 is 2.79 bits per heavy atom. The smallest absolute Gasteiger partial charge is 0.410 e. The summed E-state index contributed by atoms with van der Waals surface area (Å²) >= 11 is 0. The topological polar surface area (TPSA) is 88.8 Å². The Bertz CT molecular complexity index is 1170. The molecule has 0 spiro atoms. The molecule has 0 aliphatic carbocycles. The quantitative estimate of drug-likeness (QED) is 0.672. The zero-order valence-corrected chi connectivity index (χ0v) is 15.5. The largest absolute Gasteiger partial charge is 0.453 e. The lowest BCUT2D eigenvalue weighted by Crippen LogP contribution is -2.45. The summed E-state index contributed by atoms with van der Waals surface area (Å²) in [6.45, 7) is 0.218. The minimum Gasteiger partial charge on any atom is -0.453 e. The predicted octanol–water partition coefficient (Wildman–Crippen LogP) is 3.24. The highest BCUT2D eigenvalue weighted by molar-refractivity contribution is 5.98. The summed E-state index contributed by atoms with van der Waals surface area (Å²) in [6.07, 6.45) is -0.266. The normalized spacial score (nSPS) is 15.7. The maximum Gasteiger partial charge on any atom is 0.410 e. The average Bonchev–Trinajstić information content (AvgIpc) is 2.72. The lowest BCUT2D eigenvalue weighted by molar-refractivity contribution is -0.121. The standard InChI is InChI=1S/C21H17FN2O5/c1-28-21(27)24-9-8-12-6-7-14(22)11-15(12)18(24)19(25)23-16-10-13-4-2-3-5-17(13)29-20(16)26/h2-7,10-11,18H,8-9H2,1H3,(H,23,25). The number of anilines is 1. The number of carbonyl (C=O) groups excluding carboxylic acids is 2. The molecule has 7 nitrogen and oxygen atoms in total. The van der Waals surface area contributed by atoms with Gasteiger partial charge in [-0.3, -0.25) is 9.69 Å². The van der Waals surface area contributed by atoms with Gasteiger partial charge in [0.25, 0.3) is 5.91 Å². The third-order valence-corrected chi connectivity index (χ3v) is 4.89. The van der Waals surface area contributed by atoms with Gasteiger partial charge < -0.3 is 14.5 Å². The average molecular weight is 396 g/mol. The monoisotopic (exact) mass is 396 g/mol. The Balaban J connectivity index is 1.74. The van der Waals surface area contributed by atoms with E-state index in [1.54, 1.807) is 30.3 Å². The molecular weight excluding hydrogens is 379 g/mol. The Morgan fingerprint density at radius 1 is 1.21 bits per heavy atom. The van der Waals surface area contributed by atoms with Crippen molar-refractivity contribution in [1.29, 1.82) is 0 Å². The van der Waals surface area contributed by atoms with Crippen LogP contribution in [0.1, 0.15) is 17.2 Å². The van der Waals surface area contributed by atoms with Crippen molar-refractivity contribution in [2.45, 2.75) is 12.5 Å². The van der Waals surface area contributed by atoms with Crippen molar-refractivity contribution in [2.24, 2.45) is 0 Å². The van der Waals surface area contributed by atoms with Gasteiger partial charge in [-0.2, -0.15) is 0 Å². The van der Waals surface area contributed by atoms with Crippen LogP contribution in [0.5, 0.6) is 0 Å². The maximum atomic E-state index is 13.9. The first-order valence-corrected chi connectivity index (χ1v) is 8.94. The Morgan fingerprint density at radius 2 is 2.00 bits per heavy atom. The first-order chi connectivity index (χ1) is 14.0. The summed E-state index contributed by atoms with van der Waals surface area (Å²) in [6, 6.07) is 11.3. The molecule has 2 aromatic carbocycles. The molecule has 1 aliphatic rings. The lowest BCUT2D eigenvalue weighted by atomic mass is 9.92. The van der Waals surface area contributed by atoms with Crippen molar-refractivity contribution in [3.05, 3.63) is 75.9 Å². The number of hydrogen-bond acceptors (Lipinski definition) is 5. The second kappa shape index (κ2) is 7.38. The molecule has 148 valence electrons. The number of halogens is 1. The van der Waals surface area contributed by atoms with E-state index in [4.69, 9.17) is 9.15 Å². The van der Waals surface area contributed by atoms with Crippen LogP contribution in [0, 0.1) is 5.82 Å². The van der Waals surface area contributed by atoms with Crippen LogP contribution in [-0.2, 0) is 16.0 Å². The van der Waals surface area contributed by atoms with Crippen LogP contribution in [0.4, 0.5) is 14.9 Å². The molecule has 2 amide bonds. The van der Waals surface area contributed by atoms with Gasteiger partial charge in [-0.05, 0) is 41.8 Å². The van der Waals surface area contributed by atoms with E-state index in [-0.39, 0.29) is 12.2 Å². The minimum absolute atomic E-state index is 0.0676. The maximum absolute atomic E-state index is 13.9. The van der Waals surface area contributed by atoms with E-state index < -0.39 is 29.5 Å².